The van der Waals surface area contributed by atoms with Gasteiger partial charge in [-0.3, -0.25) is 0 Å². The molecule has 2 heteroatoms. The Morgan fingerprint density at radius 1 is 1.32 bits per heavy atom. The summed E-state index contributed by atoms with van der Waals surface area (Å²) < 4.78 is 6.24. The third kappa shape index (κ3) is 2.71. The van der Waals surface area contributed by atoms with E-state index in [2.05, 4.69) is 39.9 Å². The molecule has 4 unspecified atom stereocenters. The van der Waals surface area contributed by atoms with E-state index in [1.165, 1.54) is 32.1 Å². The summed E-state index contributed by atoms with van der Waals surface area (Å²) in [6.45, 7) is 13.7. The van der Waals surface area contributed by atoms with Gasteiger partial charge in [-0.15, -0.1) is 0 Å². The zero-order valence-electron chi connectivity index (χ0n) is 13.6. The van der Waals surface area contributed by atoms with Crippen LogP contribution in [0.15, 0.2) is 0 Å². The molecule has 2 saturated carbocycles. The van der Waals surface area contributed by atoms with E-state index < -0.39 is 0 Å². The number of nitrogens with one attached hydrogen (secondary N) is 1. The van der Waals surface area contributed by atoms with E-state index >= 15 is 0 Å². The average Bonchev–Trinajstić information content (AvgIpc) is 2.67. The van der Waals surface area contributed by atoms with Gasteiger partial charge in [0.1, 0.15) is 0 Å². The second-order valence-corrected chi connectivity index (χ2v) is 7.61. The highest BCUT2D eigenvalue weighted by molar-refractivity contribution is 5.11. The maximum absolute atomic E-state index is 6.24. The molecule has 2 fully saturated rings. The van der Waals surface area contributed by atoms with Gasteiger partial charge in [0.15, 0.2) is 0 Å². The Labute approximate surface area is 119 Å². The van der Waals surface area contributed by atoms with Gasteiger partial charge in [-0.05, 0) is 49.4 Å². The predicted molar refractivity (Wildman–Crippen MR) is 81.3 cm³/mol. The molecule has 112 valence electrons. The Bertz CT molecular complexity index is 302. The largest absolute Gasteiger partial charge is 0.376 e. The van der Waals surface area contributed by atoms with Gasteiger partial charge in [-0.25, -0.2) is 0 Å². The first-order chi connectivity index (χ1) is 8.91. The fourth-order valence-corrected chi connectivity index (χ4v) is 4.42. The summed E-state index contributed by atoms with van der Waals surface area (Å²) in [5, 5.41) is 3.56. The number of fused-ring (bicyclic) bond motifs is 2. The van der Waals surface area contributed by atoms with Crippen molar-refractivity contribution in [2.24, 2.45) is 16.7 Å². The van der Waals surface area contributed by atoms with Gasteiger partial charge >= 0.3 is 0 Å². The number of ether oxygens (including phenoxy) is 1. The molecule has 0 saturated heterocycles. The normalized spacial score (nSPS) is 37.7. The van der Waals surface area contributed by atoms with Gasteiger partial charge in [0.25, 0.3) is 0 Å². The van der Waals surface area contributed by atoms with E-state index in [1.807, 2.05) is 0 Å². The van der Waals surface area contributed by atoms with E-state index in [0.717, 1.165) is 19.1 Å². The first kappa shape index (κ1) is 15.3. The summed E-state index contributed by atoms with van der Waals surface area (Å²) in [5.41, 5.74) is 0.882. The fraction of sp³-hybridized carbons (Fsp3) is 1.00. The Balaban J connectivity index is 1.74. The monoisotopic (exact) mass is 267 g/mol. The van der Waals surface area contributed by atoms with E-state index in [1.54, 1.807) is 0 Å². The summed E-state index contributed by atoms with van der Waals surface area (Å²) >= 11 is 0. The predicted octanol–water partition coefficient (Wildman–Crippen LogP) is 4.00. The van der Waals surface area contributed by atoms with E-state index in [0.29, 0.717) is 23.0 Å². The fourth-order valence-electron chi connectivity index (χ4n) is 4.42. The van der Waals surface area contributed by atoms with Crippen molar-refractivity contribution in [3.05, 3.63) is 0 Å². The Morgan fingerprint density at radius 2 is 2.05 bits per heavy atom. The van der Waals surface area contributed by atoms with Gasteiger partial charge in [-0.1, -0.05) is 34.1 Å². The van der Waals surface area contributed by atoms with Crippen LogP contribution in [0.5, 0.6) is 0 Å². The van der Waals surface area contributed by atoms with Crippen molar-refractivity contribution in [3.8, 4) is 0 Å². The zero-order valence-corrected chi connectivity index (χ0v) is 13.6. The summed E-state index contributed by atoms with van der Waals surface area (Å²) in [7, 11) is 0. The van der Waals surface area contributed by atoms with Gasteiger partial charge in [0, 0.05) is 12.6 Å². The van der Waals surface area contributed by atoms with Crippen LogP contribution in [-0.4, -0.2) is 25.3 Å². The molecule has 0 aromatic rings. The van der Waals surface area contributed by atoms with Crippen LogP contribution in [0.3, 0.4) is 0 Å². The molecule has 0 amide bonds. The van der Waals surface area contributed by atoms with Crippen LogP contribution in [0.25, 0.3) is 0 Å². The minimum atomic E-state index is 0.409. The molecule has 0 heterocycles. The van der Waals surface area contributed by atoms with Crippen molar-refractivity contribution in [1.29, 1.82) is 0 Å². The molecule has 0 aromatic carbocycles. The third-order valence-electron chi connectivity index (χ3n) is 6.35. The number of hydrogen-bond donors (Lipinski definition) is 1. The minimum Gasteiger partial charge on any atom is -0.376 e. The van der Waals surface area contributed by atoms with E-state index in [4.69, 9.17) is 4.74 Å². The molecular weight excluding hydrogens is 234 g/mol. The minimum absolute atomic E-state index is 0.409. The summed E-state index contributed by atoms with van der Waals surface area (Å²) in [6.07, 6.45) is 7.06. The maximum Gasteiger partial charge on any atom is 0.0637 e. The lowest BCUT2D eigenvalue weighted by Gasteiger charge is -2.39. The molecule has 2 aliphatic carbocycles. The van der Waals surface area contributed by atoms with Gasteiger partial charge < -0.3 is 10.1 Å². The number of hydrogen-bond acceptors (Lipinski definition) is 2. The molecule has 0 radical (unpaired) electrons. The molecular formula is C17H33NO. The van der Waals surface area contributed by atoms with Gasteiger partial charge in [0.2, 0.25) is 0 Å². The maximum atomic E-state index is 6.24. The van der Waals surface area contributed by atoms with Crippen LogP contribution >= 0.6 is 0 Å². The van der Waals surface area contributed by atoms with Crippen molar-refractivity contribution in [1.82, 2.24) is 5.32 Å². The first-order valence-electron chi connectivity index (χ1n) is 8.26. The Kier molecular flexibility index (Phi) is 4.62. The lowest BCUT2D eigenvalue weighted by molar-refractivity contribution is -0.0453. The number of rotatable bonds is 7. The molecule has 0 aliphatic heterocycles. The molecule has 0 spiro atoms. The molecule has 2 nitrogen and oxygen atoms in total. The SMILES string of the molecule is CCCC(C)NCCOC1CC2CCC1(C)C2(C)C. The van der Waals surface area contributed by atoms with Crippen molar-refractivity contribution in [3.63, 3.8) is 0 Å². The lowest BCUT2D eigenvalue weighted by Crippen LogP contribution is -2.39. The average molecular weight is 267 g/mol. The second kappa shape index (κ2) is 5.73. The molecule has 0 aromatic heterocycles. The van der Waals surface area contributed by atoms with Crippen molar-refractivity contribution >= 4 is 0 Å². The molecule has 19 heavy (non-hydrogen) atoms. The Morgan fingerprint density at radius 3 is 2.58 bits per heavy atom. The molecule has 2 aliphatic rings. The highest BCUT2D eigenvalue weighted by Crippen LogP contribution is 2.66. The molecule has 2 rings (SSSR count). The van der Waals surface area contributed by atoms with E-state index in [9.17, 15) is 0 Å². The molecule has 2 bridgehead atoms. The quantitative estimate of drug-likeness (QED) is 0.704. The summed E-state index contributed by atoms with van der Waals surface area (Å²) in [6, 6.07) is 0.626. The smallest absolute Gasteiger partial charge is 0.0637 e. The summed E-state index contributed by atoms with van der Waals surface area (Å²) in [4.78, 5) is 0. The van der Waals surface area contributed by atoms with Crippen LogP contribution in [0.4, 0.5) is 0 Å². The molecule has 4 atom stereocenters. The topological polar surface area (TPSA) is 21.3 Å². The van der Waals surface area contributed by atoms with Crippen LogP contribution in [0, 0.1) is 16.7 Å². The highest BCUT2D eigenvalue weighted by Gasteiger charge is 2.61. The van der Waals surface area contributed by atoms with Gasteiger partial charge in [0.05, 0.1) is 12.7 Å². The van der Waals surface area contributed by atoms with Crippen LogP contribution in [0.1, 0.15) is 66.7 Å². The van der Waals surface area contributed by atoms with Crippen molar-refractivity contribution < 1.29 is 4.74 Å². The van der Waals surface area contributed by atoms with Crippen molar-refractivity contribution in [2.45, 2.75) is 78.9 Å². The standard InChI is InChI=1S/C17H33NO/c1-6-7-13(2)18-10-11-19-15-12-14-8-9-17(15,5)16(14,3)4/h13-15,18H,6-12H2,1-5H3. The Hall–Kier alpha value is -0.0800. The first-order valence-corrected chi connectivity index (χ1v) is 8.26. The second-order valence-electron chi connectivity index (χ2n) is 7.61. The van der Waals surface area contributed by atoms with Crippen molar-refractivity contribution in [2.75, 3.05) is 13.2 Å². The van der Waals surface area contributed by atoms with E-state index in [-0.39, 0.29) is 0 Å². The third-order valence-corrected chi connectivity index (χ3v) is 6.35. The molecule has 1 N–H and O–H groups in total. The van der Waals surface area contributed by atoms with Gasteiger partial charge in [-0.2, -0.15) is 0 Å². The van der Waals surface area contributed by atoms with Crippen LogP contribution in [0.2, 0.25) is 0 Å². The summed E-state index contributed by atoms with van der Waals surface area (Å²) in [5.74, 6) is 0.884. The lowest BCUT2D eigenvalue weighted by atomic mass is 9.70. The van der Waals surface area contributed by atoms with Crippen LogP contribution in [-0.2, 0) is 4.74 Å². The highest BCUT2D eigenvalue weighted by atomic mass is 16.5. The zero-order chi connectivity index (χ0) is 14.1. The van der Waals surface area contributed by atoms with Crippen LogP contribution < -0.4 is 5.32 Å².